The summed E-state index contributed by atoms with van der Waals surface area (Å²) in [4.78, 5) is 4.73. The van der Waals surface area contributed by atoms with Crippen LogP contribution >= 0.6 is 11.6 Å². The van der Waals surface area contributed by atoms with E-state index in [4.69, 9.17) is 31.8 Å². The summed E-state index contributed by atoms with van der Waals surface area (Å²) in [5, 5.41) is 4.00. The zero-order valence-electron chi connectivity index (χ0n) is 17.8. The molecule has 6 nitrogen and oxygen atoms in total. The summed E-state index contributed by atoms with van der Waals surface area (Å²) in [7, 11) is 0. The van der Waals surface area contributed by atoms with Crippen molar-refractivity contribution in [2.45, 2.75) is 13.5 Å². The van der Waals surface area contributed by atoms with Crippen molar-refractivity contribution in [3.63, 3.8) is 0 Å². The number of ether oxygens (including phenoxy) is 2. The number of imidazole rings is 1. The van der Waals surface area contributed by atoms with E-state index in [1.807, 2.05) is 61.5 Å². The van der Waals surface area contributed by atoms with Crippen molar-refractivity contribution >= 4 is 34.3 Å². The van der Waals surface area contributed by atoms with Crippen molar-refractivity contribution in [1.29, 1.82) is 0 Å². The van der Waals surface area contributed by atoms with Crippen LogP contribution in [-0.4, -0.2) is 22.7 Å². The molecule has 1 heterocycles. The normalized spacial score (nSPS) is 10.8. The number of halogens is 1. The highest BCUT2D eigenvalue weighted by Gasteiger charge is 2.12. The maximum absolute atomic E-state index is 6.04. The van der Waals surface area contributed by atoms with Gasteiger partial charge in [0.15, 0.2) is 0 Å². The van der Waals surface area contributed by atoms with Gasteiger partial charge in [0.25, 0.3) is 0 Å². The molecule has 32 heavy (non-hydrogen) atoms. The van der Waals surface area contributed by atoms with Crippen LogP contribution in [-0.2, 0) is 11.3 Å². The zero-order valence-corrected chi connectivity index (χ0v) is 18.6. The molecule has 3 aromatic carbocycles. The molecule has 0 radical (unpaired) electrons. The minimum Gasteiger partial charge on any atom is -0.497 e. The lowest BCUT2D eigenvalue weighted by molar-refractivity contribution is 0.230. The van der Waals surface area contributed by atoms with Crippen LogP contribution in [0.4, 0.5) is 11.6 Å². The van der Waals surface area contributed by atoms with Gasteiger partial charge in [-0.2, -0.15) is 0 Å². The molecule has 4 rings (SSSR count). The van der Waals surface area contributed by atoms with E-state index in [2.05, 4.69) is 16.5 Å². The molecule has 3 N–H and O–H groups in total. The van der Waals surface area contributed by atoms with Crippen LogP contribution in [0.3, 0.4) is 0 Å². The van der Waals surface area contributed by atoms with Crippen molar-refractivity contribution in [2.24, 2.45) is 0 Å². The van der Waals surface area contributed by atoms with Crippen molar-refractivity contribution in [3.05, 3.63) is 89.7 Å². The lowest BCUT2D eigenvalue weighted by Crippen LogP contribution is -2.12. The summed E-state index contributed by atoms with van der Waals surface area (Å²) in [5.41, 5.74) is 9.65. The van der Waals surface area contributed by atoms with Crippen molar-refractivity contribution in [3.8, 4) is 11.5 Å². The van der Waals surface area contributed by atoms with Crippen LogP contribution in [0.25, 0.3) is 11.0 Å². The molecule has 0 fully saturated rings. The Hall–Kier alpha value is -3.64. The third kappa shape index (κ3) is 5.15. The number of aromatic nitrogens is 2. The molecule has 164 valence electrons. The lowest BCUT2D eigenvalue weighted by Gasteiger charge is -2.13. The fourth-order valence-electron chi connectivity index (χ4n) is 3.35. The molecule has 0 spiro atoms. The number of nitrogens with zero attached hydrogens (tertiary/aromatic N) is 2. The lowest BCUT2D eigenvalue weighted by atomic mass is 10.2. The summed E-state index contributed by atoms with van der Waals surface area (Å²) in [6, 6.07) is 21.0. The maximum atomic E-state index is 6.04. The first-order valence-electron chi connectivity index (χ1n) is 10.3. The van der Waals surface area contributed by atoms with Crippen LogP contribution in [0.1, 0.15) is 12.5 Å². The molecule has 0 saturated carbocycles. The second-order valence-electron chi connectivity index (χ2n) is 7.29. The number of hydrogen-bond donors (Lipinski definition) is 2. The van der Waals surface area contributed by atoms with Gasteiger partial charge in [-0.3, -0.25) is 0 Å². The zero-order chi connectivity index (χ0) is 22.5. The molecular formula is C25H25ClN4O2. The van der Waals surface area contributed by atoms with Crippen molar-refractivity contribution < 1.29 is 9.47 Å². The van der Waals surface area contributed by atoms with E-state index in [0.29, 0.717) is 36.2 Å². The molecule has 0 aliphatic rings. The number of benzene rings is 3. The van der Waals surface area contributed by atoms with Gasteiger partial charge in [-0.1, -0.05) is 30.3 Å². The fourth-order valence-corrected chi connectivity index (χ4v) is 3.48. The van der Waals surface area contributed by atoms with Crippen molar-refractivity contribution in [1.82, 2.24) is 9.55 Å². The number of nitrogens with two attached hydrogens (primary N) is 1. The SMILES string of the molecule is C=C(CNc1nc2ccc(N)cc2n1Cc1ccc(Oc2ccc(Cl)cc2)cc1)OCC. The van der Waals surface area contributed by atoms with Crippen LogP contribution in [0, 0.1) is 0 Å². The second-order valence-corrected chi connectivity index (χ2v) is 7.73. The van der Waals surface area contributed by atoms with E-state index in [9.17, 15) is 0 Å². The monoisotopic (exact) mass is 448 g/mol. The minimum absolute atomic E-state index is 0.473. The predicted octanol–water partition coefficient (Wildman–Crippen LogP) is 6.07. The van der Waals surface area contributed by atoms with E-state index >= 15 is 0 Å². The van der Waals surface area contributed by atoms with E-state index in [1.54, 1.807) is 12.1 Å². The average Bonchev–Trinajstić information content (AvgIpc) is 3.12. The Labute approximate surface area is 192 Å². The largest absolute Gasteiger partial charge is 0.497 e. The van der Waals surface area contributed by atoms with Gasteiger partial charge in [-0.05, 0) is 67.1 Å². The molecular weight excluding hydrogens is 424 g/mol. The van der Waals surface area contributed by atoms with Gasteiger partial charge < -0.3 is 25.1 Å². The topological polar surface area (TPSA) is 74.3 Å². The van der Waals surface area contributed by atoms with E-state index in [0.717, 1.165) is 34.0 Å². The highest BCUT2D eigenvalue weighted by Crippen LogP contribution is 2.26. The van der Waals surface area contributed by atoms with E-state index in [1.165, 1.54) is 0 Å². The van der Waals surface area contributed by atoms with Gasteiger partial charge in [-0.15, -0.1) is 0 Å². The predicted molar refractivity (Wildman–Crippen MR) is 130 cm³/mol. The first-order valence-corrected chi connectivity index (χ1v) is 10.7. The molecule has 7 heteroatoms. The summed E-state index contributed by atoms with van der Waals surface area (Å²) in [5.74, 6) is 2.88. The van der Waals surface area contributed by atoms with Crippen LogP contribution in [0.2, 0.25) is 5.02 Å². The Morgan fingerprint density at radius 2 is 1.75 bits per heavy atom. The molecule has 0 saturated heterocycles. The highest BCUT2D eigenvalue weighted by molar-refractivity contribution is 6.30. The molecule has 0 aliphatic carbocycles. The van der Waals surface area contributed by atoms with Gasteiger partial charge in [0.05, 0.1) is 30.7 Å². The second kappa shape index (κ2) is 9.66. The first-order chi connectivity index (χ1) is 15.5. The summed E-state index contributed by atoms with van der Waals surface area (Å²) >= 11 is 5.93. The number of rotatable bonds is 9. The standard InChI is InChI=1S/C25H25ClN4O2/c1-3-31-17(2)15-28-25-29-23-13-8-20(27)14-24(23)30(25)16-18-4-9-21(10-5-18)32-22-11-6-19(26)7-12-22/h4-14H,2-3,15-16,27H2,1H3,(H,28,29). The van der Waals surface area contributed by atoms with E-state index < -0.39 is 0 Å². The Kier molecular flexibility index (Phi) is 6.52. The maximum Gasteiger partial charge on any atom is 0.204 e. The van der Waals surface area contributed by atoms with Gasteiger partial charge in [0.1, 0.15) is 17.3 Å². The average molecular weight is 449 g/mol. The quantitative estimate of drug-likeness (QED) is 0.240. The molecule has 0 bridgehead atoms. The third-order valence-corrected chi connectivity index (χ3v) is 5.13. The molecule has 1 aromatic heterocycles. The van der Waals surface area contributed by atoms with Crippen molar-refractivity contribution in [2.75, 3.05) is 24.2 Å². The van der Waals surface area contributed by atoms with Gasteiger partial charge in [0, 0.05) is 10.7 Å². The summed E-state index contributed by atoms with van der Waals surface area (Å²) in [6.07, 6.45) is 0. The summed E-state index contributed by atoms with van der Waals surface area (Å²) < 4.78 is 13.4. The Morgan fingerprint density at radius 3 is 2.44 bits per heavy atom. The van der Waals surface area contributed by atoms with Crippen LogP contribution < -0.4 is 15.8 Å². The van der Waals surface area contributed by atoms with Gasteiger partial charge >= 0.3 is 0 Å². The number of anilines is 2. The molecule has 0 amide bonds. The minimum atomic E-state index is 0.473. The molecule has 0 unspecified atom stereocenters. The number of hydrogen-bond acceptors (Lipinski definition) is 5. The van der Waals surface area contributed by atoms with E-state index in [-0.39, 0.29) is 0 Å². The number of fused-ring (bicyclic) bond motifs is 1. The Morgan fingerprint density at radius 1 is 1.06 bits per heavy atom. The Balaban J connectivity index is 1.55. The van der Waals surface area contributed by atoms with Crippen LogP contribution in [0.5, 0.6) is 11.5 Å². The van der Waals surface area contributed by atoms with Gasteiger partial charge in [0.2, 0.25) is 5.95 Å². The van der Waals surface area contributed by atoms with Gasteiger partial charge in [-0.25, -0.2) is 4.98 Å². The highest BCUT2D eigenvalue weighted by atomic mass is 35.5. The molecule has 0 aliphatic heterocycles. The first kappa shape index (κ1) is 21.6. The third-order valence-electron chi connectivity index (χ3n) is 4.88. The Bertz CT molecular complexity index is 1220. The fraction of sp³-hybridized carbons (Fsp3) is 0.160. The van der Waals surface area contributed by atoms with Crippen LogP contribution in [0.15, 0.2) is 79.1 Å². The summed E-state index contributed by atoms with van der Waals surface area (Å²) in [6.45, 7) is 7.53. The smallest absolute Gasteiger partial charge is 0.204 e. The molecule has 4 aromatic rings. The number of nitrogen functional groups attached to an aromatic ring is 1. The molecule has 0 atom stereocenters. The number of nitrogens with one attached hydrogen (secondary N) is 1.